The summed E-state index contributed by atoms with van der Waals surface area (Å²) < 4.78 is 0. The molecule has 0 unspecified atom stereocenters. The molecule has 138 valence electrons. The molecule has 1 fully saturated rings. The minimum atomic E-state index is -0.189. The molecule has 3 rings (SSSR count). The summed E-state index contributed by atoms with van der Waals surface area (Å²) in [7, 11) is 0. The Morgan fingerprint density at radius 3 is 2.65 bits per heavy atom. The van der Waals surface area contributed by atoms with E-state index in [-0.39, 0.29) is 5.91 Å². The quantitative estimate of drug-likeness (QED) is 0.718. The molecule has 0 atom stereocenters. The third kappa shape index (κ3) is 5.56. The van der Waals surface area contributed by atoms with Crippen LogP contribution in [-0.4, -0.2) is 37.0 Å². The van der Waals surface area contributed by atoms with Gasteiger partial charge in [-0.2, -0.15) is 0 Å². The van der Waals surface area contributed by atoms with Crippen molar-refractivity contribution >= 4 is 23.2 Å². The molecule has 26 heavy (non-hydrogen) atoms. The van der Waals surface area contributed by atoms with Crippen LogP contribution in [0.1, 0.15) is 35.2 Å². The lowest BCUT2D eigenvalue weighted by Gasteiger charge is -2.26. The van der Waals surface area contributed by atoms with Gasteiger partial charge >= 0.3 is 0 Å². The second-order valence-corrected chi connectivity index (χ2v) is 7.12. The molecular formula is C21H26ClN3O. The van der Waals surface area contributed by atoms with E-state index in [0.717, 1.165) is 30.9 Å². The Bertz CT molecular complexity index is 729. The van der Waals surface area contributed by atoms with E-state index in [1.165, 1.54) is 32.4 Å². The molecule has 0 aliphatic carbocycles. The third-order valence-electron chi connectivity index (χ3n) is 4.69. The van der Waals surface area contributed by atoms with Crippen molar-refractivity contribution in [2.24, 2.45) is 0 Å². The highest BCUT2D eigenvalue weighted by Gasteiger charge is 2.10. The predicted octanol–water partition coefficient (Wildman–Crippen LogP) is 4.17. The van der Waals surface area contributed by atoms with Gasteiger partial charge in [-0.25, -0.2) is 0 Å². The first-order valence-corrected chi connectivity index (χ1v) is 9.68. The smallest absolute Gasteiger partial charge is 0.257 e. The number of amides is 1. The number of rotatable bonds is 7. The Balaban J connectivity index is 1.48. The summed E-state index contributed by atoms with van der Waals surface area (Å²) in [5.74, 6) is -0.189. The van der Waals surface area contributed by atoms with Crippen molar-refractivity contribution in [2.45, 2.75) is 25.8 Å². The van der Waals surface area contributed by atoms with Gasteiger partial charge in [0.2, 0.25) is 0 Å². The molecule has 0 spiro atoms. The summed E-state index contributed by atoms with van der Waals surface area (Å²) in [4.78, 5) is 14.9. The molecule has 0 saturated carbocycles. The van der Waals surface area contributed by atoms with Gasteiger partial charge in [0.15, 0.2) is 0 Å². The van der Waals surface area contributed by atoms with Crippen LogP contribution in [0.25, 0.3) is 0 Å². The zero-order valence-electron chi connectivity index (χ0n) is 15.0. The van der Waals surface area contributed by atoms with E-state index in [0.29, 0.717) is 10.6 Å². The number of likely N-dealkylation sites (tertiary alicyclic amines) is 1. The maximum absolute atomic E-state index is 12.4. The molecule has 2 aromatic rings. The van der Waals surface area contributed by atoms with Gasteiger partial charge in [0, 0.05) is 25.3 Å². The SMILES string of the molecule is O=C(Nc1cccc(CNCCN2CCCCC2)c1)c1ccccc1Cl. The monoisotopic (exact) mass is 371 g/mol. The topological polar surface area (TPSA) is 44.4 Å². The molecule has 0 radical (unpaired) electrons. The Kier molecular flexibility index (Phi) is 7.06. The molecule has 2 N–H and O–H groups in total. The van der Waals surface area contributed by atoms with E-state index in [1.54, 1.807) is 12.1 Å². The Morgan fingerprint density at radius 1 is 1.04 bits per heavy atom. The van der Waals surface area contributed by atoms with Crippen LogP contribution in [0.3, 0.4) is 0 Å². The van der Waals surface area contributed by atoms with Gasteiger partial charge in [-0.15, -0.1) is 0 Å². The van der Waals surface area contributed by atoms with Crippen LogP contribution < -0.4 is 10.6 Å². The van der Waals surface area contributed by atoms with Gasteiger partial charge in [-0.3, -0.25) is 4.79 Å². The van der Waals surface area contributed by atoms with Crippen molar-refractivity contribution in [1.29, 1.82) is 0 Å². The maximum atomic E-state index is 12.4. The van der Waals surface area contributed by atoms with Crippen LogP contribution in [0, 0.1) is 0 Å². The molecule has 2 aromatic carbocycles. The van der Waals surface area contributed by atoms with E-state index < -0.39 is 0 Å². The van der Waals surface area contributed by atoms with Crippen molar-refractivity contribution in [3.05, 3.63) is 64.7 Å². The number of piperidine rings is 1. The number of halogens is 1. The summed E-state index contributed by atoms with van der Waals surface area (Å²) in [6.45, 7) is 5.33. The molecular weight excluding hydrogens is 346 g/mol. The number of anilines is 1. The minimum Gasteiger partial charge on any atom is -0.322 e. The summed E-state index contributed by atoms with van der Waals surface area (Å²) in [6.07, 6.45) is 4.02. The normalized spacial score (nSPS) is 15.0. The lowest BCUT2D eigenvalue weighted by Crippen LogP contribution is -2.35. The van der Waals surface area contributed by atoms with Crippen molar-refractivity contribution < 1.29 is 4.79 Å². The summed E-state index contributed by atoms with van der Waals surface area (Å²) in [6, 6.07) is 15.0. The van der Waals surface area contributed by atoms with E-state index in [1.807, 2.05) is 30.3 Å². The fraction of sp³-hybridized carbons (Fsp3) is 0.381. The largest absolute Gasteiger partial charge is 0.322 e. The maximum Gasteiger partial charge on any atom is 0.257 e. The number of carbonyl (C=O) groups excluding carboxylic acids is 1. The van der Waals surface area contributed by atoms with Gasteiger partial charge in [-0.1, -0.05) is 42.3 Å². The second kappa shape index (κ2) is 9.72. The van der Waals surface area contributed by atoms with Crippen LogP contribution in [0.2, 0.25) is 5.02 Å². The van der Waals surface area contributed by atoms with Gasteiger partial charge in [0.1, 0.15) is 0 Å². The average molecular weight is 372 g/mol. The summed E-state index contributed by atoms with van der Waals surface area (Å²) >= 11 is 6.09. The summed E-state index contributed by atoms with van der Waals surface area (Å²) in [5, 5.41) is 6.88. The molecule has 1 aliphatic rings. The van der Waals surface area contributed by atoms with Crippen LogP contribution in [0.15, 0.2) is 48.5 Å². The average Bonchev–Trinajstić information content (AvgIpc) is 2.67. The standard InChI is InChI=1S/C21H26ClN3O/c22-20-10-3-2-9-19(20)21(26)24-18-8-6-7-17(15-18)16-23-11-14-25-12-4-1-5-13-25/h2-3,6-10,15,23H,1,4-5,11-14,16H2,(H,24,26). The van der Waals surface area contributed by atoms with Crippen LogP contribution in [0.5, 0.6) is 0 Å². The second-order valence-electron chi connectivity index (χ2n) is 6.71. The molecule has 5 heteroatoms. The molecule has 1 heterocycles. The zero-order valence-corrected chi connectivity index (χ0v) is 15.8. The number of nitrogens with one attached hydrogen (secondary N) is 2. The van der Waals surface area contributed by atoms with E-state index in [9.17, 15) is 4.79 Å². The van der Waals surface area contributed by atoms with Crippen LogP contribution in [-0.2, 0) is 6.54 Å². The van der Waals surface area contributed by atoms with E-state index >= 15 is 0 Å². The molecule has 1 aliphatic heterocycles. The third-order valence-corrected chi connectivity index (χ3v) is 5.02. The number of nitrogens with zero attached hydrogens (tertiary/aromatic N) is 1. The number of carbonyl (C=O) groups is 1. The predicted molar refractivity (Wildman–Crippen MR) is 108 cm³/mol. The summed E-state index contributed by atoms with van der Waals surface area (Å²) in [5.41, 5.74) is 2.42. The van der Waals surface area contributed by atoms with Crippen molar-refractivity contribution in [1.82, 2.24) is 10.2 Å². The van der Waals surface area contributed by atoms with E-state index in [4.69, 9.17) is 11.6 Å². The molecule has 4 nitrogen and oxygen atoms in total. The van der Waals surface area contributed by atoms with Gasteiger partial charge in [0.25, 0.3) is 5.91 Å². The number of hydrogen-bond acceptors (Lipinski definition) is 3. The zero-order chi connectivity index (χ0) is 18.2. The van der Waals surface area contributed by atoms with Gasteiger partial charge in [-0.05, 0) is 55.8 Å². The minimum absolute atomic E-state index is 0.189. The Labute approximate surface area is 160 Å². The van der Waals surface area contributed by atoms with Crippen molar-refractivity contribution in [3.8, 4) is 0 Å². The van der Waals surface area contributed by atoms with Crippen molar-refractivity contribution in [3.63, 3.8) is 0 Å². The van der Waals surface area contributed by atoms with E-state index in [2.05, 4.69) is 21.6 Å². The number of hydrogen-bond donors (Lipinski definition) is 2. The highest BCUT2D eigenvalue weighted by atomic mass is 35.5. The molecule has 1 saturated heterocycles. The Hall–Kier alpha value is -1.88. The van der Waals surface area contributed by atoms with Crippen LogP contribution in [0.4, 0.5) is 5.69 Å². The van der Waals surface area contributed by atoms with Gasteiger partial charge < -0.3 is 15.5 Å². The lowest BCUT2D eigenvalue weighted by atomic mass is 10.1. The molecule has 0 aromatic heterocycles. The highest BCUT2D eigenvalue weighted by molar-refractivity contribution is 6.34. The molecule has 0 bridgehead atoms. The number of benzene rings is 2. The first kappa shape index (κ1) is 18.9. The van der Waals surface area contributed by atoms with Gasteiger partial charge in [0.05, 0.1) is 10.6 Å². The van der Waals surface area contributed by atoms with Crippen LogP contribution >= 0.6 is 11.6 Å². The fourth-order valence-corrected chi connectivity index (χ4v) is 3.48. The first-order valence-electron chi connectivity index (χ1n) is 9.30. The van der Waals surface area contributed by atoms with Crippen molar-refractivity contribution in [2.75, 3.05) is 31.5 Å². The fourth-order valence-electron chi connectivity index (χ4n) is 3.26. The first-order chi connectivity index (χ1) is 12.7. The highest BCUT2D eigenvalue weighted by Crippen LogP contribution is 2.18. The Morgan fingerprint density at radius 2 is 1.85 bits per heavy atom. The molecule has 1 amide bonds. The lowest BCUT2D eigenvalue weighted by molar-refractivity contribution is 0.102.